The van der Waals surface area contributed by atoms with E-state index in [4.69, 9.17) is 0 Å². The summed E-state index contributed by atoms with van der Waals surface area (Å²) in [6.45, 7) is 12.7. The summed E-state index contributed by atoms with van der Waals surface area (Å²) in [5, 5.41) is 3.45. The van der Waals surface area contributed by atoms with E-state index in [1.54, 1.807) is 0 Å². The Kier molecular flexibility index (Phi) is 4.23. The molecule has 1 aromatic heterocycles. The third-order valence-corrected chi connectivity index (χ3v) is 4.71. The van der Waals surface area contributed by atoms with Gasteiger partial charge >= 0.3 is 0 Å². The monoisotopic (exact) mass is 252 g/mol. The lowest BCUT2D eigenvalue weighted by Crippen LogP contribution is -2.27. The van der Waals surface area contributed by atoms with Crippen LogP contribution >= 0.6 is 11.3 Å². The van der Waals surface area contributed by atoms with Crippen molar-refractivity contribution in [3.05, 3.63) is 21.9 Å². The van der Waals surface area contributed by atoms with Crippen molar-refractivity contribution in [2.24, 2.45) is 0 Å². The Morgan fingerprint density at radius 2 is 2.06 bits per heavy atom. The van der Waals surface area contributed by atoms with Crippen LogP contribution in [0.25, 0.3) is 0 Å². The predicted octanol–water partition coefficient (Wildman–Crippen LogP) is 2.84. The SMILES string of the molecule is CC(C)(C)c1ccc(CN2CCCNCC2)s1. The molecule has 1 N–H and O–H groups in total. The Bertz CT molecular complexity index is 343. The van der Waals surface area contributed by atoms with Gasteiger partial charge in [0.1, 0.15) is 0 Å². The highest BCUT2D eigenvalue weighted by Gasteiger charge is 2.17. The summed E-state index contributed by atoms with van der Waals surface area (Å²) in [5.41, 5.74) is 0.295. The summed E-state index contributed by atoms with van der Waals surface area (Å²) in [5.74, 6) is 0. The smallest absolute Gasteiger partial charge is 0.0328 e. The standard InChI is InChI=1S/C14H24N2S/c1-14(2,3)13-6-5-12(17-13)11-16-9-4-7-15-8-10-16/h5-6,15H,4,7-11H2,1-3H3. The lowest BCUT2D eigenvalue weighted by atomic mass is 9.95. The largest absolute Gasteiger partial charge is 0.315 e. The van der Waals surface area contributed by atoms with Crippen LogP contribution in [0.2, 0.25) is 0 Å². The molecule has 96 valence electrons. The van der Waals surface area contributed by atoms with Crippen LogP contribution in [0.3, 0.4) is 0 Å². The first kappa shape index (κ1) is 13.1. The first-order valence-corrected chi connectivity index (χ1v) is 7.39. The molecule has 17 heavy (non-hydrogen) atoms. The van der Waals surface area contributed by atoms with Crippen LogP contribution in [-0.2, 0) is 12.0 Å². The maximum absolute atomic E-state index is 3.45. The molecule has 0 aromatic carbocycles. The van der Waals surface area contributed by atoms with Gasteiger partial charge in [0, 0.05) is 29.4 Å². The second-order valence-electron chi connectivity index (χ2n) is 5.90. The molecular weight excluding hydrogens is 228 g/mol. The lowest BCUT2D eigenvalue weighted by molar-refractivity contribution is 0.287. The lowest BCUT2D eigenvalue weighted by Gasteiger charge is -2.19. The van der Waals surface area contributed by atoms with Crippen LogP contribution in [0.5, 0.6) is 0 Å². The molecule has 2 rings (SSSR count). The van der Waals surface area contributed by atoms with Crippen molar-refractivity contribution >= 4 is 11.3 Å². The maximum Gasteiger partial charge on any atom is 0.0328 e. The zero-order chi connectivity index (χ0) is 12.3. The van der Waals surface area contributed by atoms with Crippen LogP contribution in [0.4, 0.5) is 0 Å². The van der Waals surface area contributed by atoms with Gasteiger partial charge in [-0.05, 0) is 37.1 Å². The molecule has 1 fully saturated rings. The van der Waals surface area contributed by atoms with E-state index in [1.165, 1.54) is 35.8 Å². The maximum atomic E-state index is 3.45. The number of hydrogen-bond donors (Lipinski definition) is 1. The molecule has 0 bridgehead atoms. The minimum Gasteiger partial charge on any atom is -0.315 e. The third kappa shape index (κ3) is 3.80. The van der Waals surface area contributed by atoms with E-state index in [-0.39, 0.29) is 0 Å². The summed E-state index contributed by atoms with van der Waals surface area (Å²) in [6.07, 6.45) is 1.28. The van der Waals surface area contributed by atoms with Crippen LogP contribution in [0, 0.1) is 0 Å². The van der Waals surface area contributed by atoms with E-state index in [9.17, 15) is 0 Å². The van der Waals surface area contributed by atoms with Gasteiger partial charge in [0.15, 0.2) is 0 Å². The molecule has 3 heteroatoms. The van der Waals surface area contributed by atoms with Crippen molar-refractivity contribution in [2.45, 2.75) is 39.2 Å². The third-order valence-electron chi connectivity index (χ3n) is 3.21. The molecule has 2 nitrogen and oxygen atoms in total. The number of nitrogens with zero attached hydrogens (tertiary/aromatic N) is 1. The van der Waals surface area contributed by atoms with E-state index in [2.05, 4.69) is 43.1 Å². The first-order valence-electron chi connectivity index (χ1n) is 6.58. The van der Waals surface area contributed by atoms with Gasteiger partial charge in [-0.25, -0.2) is 0 Å². The summed E-state index contributed by atoms with van der Waals surface area (Å²) < 4.78 is 0. The predicted molar refractivity (Wildman–Crippen MR) is 75.8 cm³/mol. The molecule has 1 aromatic rings. The molecule has 1 saturated heterocycles. The van der Waals surface area contributed by atoms with Crippen molar-refractivity contribution in [1.29, 1.82) is 0 Å². The minimum atomic E-state index is 0.295. The summed E-state index contributed by atoms with van der Waals surface area (Å²) >= 11 is 1.98. The Morgan fingerprint density at radius 3 is 2.76 bits per heavy atom. The van der Waals surface area contributed by atoms with Crippen molar-refractivity contribution in [1.82, 2.24) is 10.2 Å². The highest BCUT2D eigenvalue weighted by Crippen LogP contribution is 2.30. The van der Waals surface area contributed by atoms with Crippen molar-refractivity contribution in [2.75, 3.05) is 26.2 Å². The number of rotatable bonds is 2. The number of nitrogens with one attached hydrogen (secondary N) is 1. The van der Waals surface area contributed by atoms with Gasteiger partial charge in [0.25, 0.3) is 0 Å². The molecule has 1 aliphatic heterocycles. The quantitative estimate of drug-likeness (QED) is 0.871. The summed E-state index contributed by atoms with van der Waals surface area (Å²) in [4.78, 5) is 5.58. The molecule has 0 saturated carbocycles. The molecule has 0 amide bonds. The summed E-state index contributed by atoms with van der Waals surface area (Å²) in [6, 6.07) is 4.61. The Labute approximate surface area is 109 Å². The van der Waals surface area contributed by atoms with Gasteiger partial charge in [-0.3, -0.25) is 4.90 Å². The average Bonchev–Trinajstić information content (AvgIpc) is 2.56. The van der Waals surface area contributed by atoms with Crippen LogP contribution < -0.4 is 5.32 Å². The highest BCUT2D eigenvalue weighted by molar-refractivity contribution is 7.12. The molecule has 1 aliphatic rings. The highest BCUT2D eigenvalue weighted by atomic mass is 32.1. The Balaban J connectivity index is 1.96. The molecule has 0 unspecified atom stereocenters. The van der Waals surface area contributed by atoms with Gasteiger partial charge in [0.2, 0.25) is 0 Å². The van der Waals surface area contributed by atoms with Gasteiger partial charge in [-0.15, -0.1) is 11.3 Å². The molecule has 0 aliphatic carbocycles. The first-order chi connectivity index (χ1) is 8.05. The fraction of sp³-hybridized carbons (Fsp3) is 0.714. The molecule has 0 spiro atoms. The molecular formula is C14H24N2S. The van der Waals surface area contributed by atoms with E-state index in [0.29, 0.717) is 5.41 Å². The number of hydrogen-bond acceptors (Lipinski definition) is 3. The van der Waals surface area contributed by atoms with E-state index >= 15 is 0 Å². The van der Waals surface area contributed by atoms with Crippen molar-refractivity contribution in [3.8, 4) is 0 Å². The Hall–Kier alpha value is -0.380. The fourth-order valence-corrected chi connectivity index (χ4v) is 3.25. The van der Waals surface area contributed by atoms with E-state index in [0.717, 1.165) is 13.1 Å². The van der Waals surface area contributed by atoms with Gasteiger partial charge in [-0.2, -0.15) is 0 Å². The number of thiophene rings is 1. The zero-order valence-electron chi connectivity index (χ0n) is 11.3. The van der Waals surface area contributed by atoms with Crippen molar-refractivity contribution in [3.63, 3.8) is 0 Å². The zero-order valence-corrected chi connectivity index (χ0v) is 12.1. The van der Waals surface area contributed by atoms with Crippen molar-refractivity contribution < 1.29 is 0 Å². The molecule has 2 heterocycles. The topological polar surface area (TPSA) is 15.3 Å². The van der Waals surface area contributed by atoms with E-state index in [1.807, 2.05) is 11.3 Å². The molecule has 0 atom stereocenters. The van der Waals surface area contributed by atoms with Gasteiger partial charge in [-0.1, -0.05) is 20.8 Å². The minimum absolute atomic E-state index is 0.295. The normalized spacial score (nSPS) is 19.2. The van der Waals surface area contributed by atoms with Crippen LogP contribution in [-0.4, -0.2) is 31.1 Å². The Morgan fingerprint density at radius 1 is 1.24 bits per heavy atom. The van der Waals surface area contributed by atoms with E-state index < -0.39 is 0 Å². The van der Waals surface area contributed by atoms with Gasteiger partial charge in [0.05, 0.1) is 0 Å². The average molecular weight is 252 g/mol. The summed E-state index contributed by atoms with van der Waals surface area (Å²) in [7, 11) is 0. The second-order valence-corrected chi connectivity index (χ2v) is 7.06. The molecule has 0 radical (unpaired) electrons. The van der Waals surface area contributed by atoms with Crippen LogP contribution in [0.15, 0.2) is 12.1 Å². The second kappa shape index (κ2) is 5.51. The van der Waals surface area contributed by atoms with Crippen LogP contribution in [0.1, 0.15) is 36.9 Å². The fourth-order valence-electron chi connectivity index (χ4n) is 2.15. The van der Waals surface area contributed by atoms with Gasteiger partial charge < -0.3 is 5.32 Å².